The SMILES string of the molecule is CCc1oc(C(C)CO[Si](c2ccccc2)(c2ccccc2)C(C)(C)C)c(C)c(=O)c1C. The van der Waals surface area contributed by atoms with Crippen LogP contribution in [0.3, 0.4) is 0 Å². The van der Waals surface area contributed by atoms with Crippen molar-refractivity contribution < 1.29 is 8.84 Å². The van der Waals surface area contributed by atoms with Gasteiger partial charge >= 0.3 is 0 Å². The maximum Gasteiger partial charge on any atom is 0.261 e. The Morgan fingerprint density at radius 2 is 1.41 bits per heavy atom. The maximum atomic E-state index is 12.8. The molecular weight excluding hydrogens is 412 g/mol. The molecule has 4 heteroatoms. The van der Waals surface area contributed by atoms with Crippen molar-refractivity contribution in [2.24, 2.45) is 0 Å². The predicted octanol–water partition coefficient (Wildman–Crippen LogP) is 5.50. The van der Waals surface area contributed by atoms with Crippen LogP contribution in [0.15, 0.2) is 69.9 Å². The number of aryl methyl sites for hydroxylation is 1. The monoisotopic (exact) mass is 448 g/mol. The van der Waals surface area contributed by atoms with E-state index in [0.29, 0.717) is 24.2 Å². The quantitative estimate of drug-likeness (QED) is 0.448. The molecule has 0 aliphatic heterocycles. The molecule has 170 valence electrons. The van der Waals surface area contributed by atoms with E-state index >= 15 is 0 Å². The van der Waals surface area contributed by atoms with Crippen LogP contribution in [-0.2, 0) is 10.8 Å². The minimum atomic E-state index is -2.63. The number of benzene rings is 2. The Hall–Kier alpha value is -2.43. The minimum Gasteiger partial charge on any atom is -0.465 e. The fraction of sp³-hybridized carbons (Fsp3) is 0.393. The van der Waals surface area contributed by atoms with E-state index in [2.05, 4.69) is 88.4 Å². The zero-order valence-corrected chi connectivity index (χ0v) is 21.5. The lowest BCUT2D eigenvalue weighted by Gasteiger charge is -2.43. The van der Waals surface area contributed by atoms with E-state index < -0.39 is 8.32 Å². The number of hydrogen-bond donors (Lipinski definition) is 0. The van der Waals surface area contributed by atoms with Gasteiger partial charge in [-0.2, -0.15) is 0 Å². The third-order valence-corrected chi connectivity index (χ3v) is 11.4. The molecule has 0 radical (unpaired) electrons. The average Bonchev–Trinajstić information content (AvgIpc) is 2.78. The third kappa shape index (κ3) is 4.39. The standard InChI is InChI=1S/C28H36O3Si/c1-8-25-21(3)26(29)22(4)27(31-25)20(2)19-30-32(28(5,6)7,23-15-11-9-12-16-23)24-17-13-10-14-18-24/h9-18,20H,8,19H2,1-7H3. The molecule has 3 rings (SSSR count). The van der Waals surface area contributed by atoms with Gasteiger partial charge in [0.05, 0.1) is 0 Å². The van der Waals surface area contributed by atoms with Crippen LogP contribution in [-0.4, -0.2) is 14.9 Å². The van der Waals surface area contributed by atoms with Crippen LogP contribution in [0.5, 0.6) is 0 Å². The van der Waals surface area contributed by atoms with Gasteiger partial charge in [0.2, 0.25) is 0 Å². The smallest absolute Gasteiger partial charge is 0.261 e. The second kappa shape index (κ2) is 9.59. The first-order chi connectivity index (χ1) is 15.1. The lowest BCUT2D eigenvalue weighted by atomic mass is 10.0. The highest BCUT2D eigenvalue weighted by Crippen LogP contribution is 2.37. The van der Waals surface area contributed by atoms with Crippen LogP contribution in [0, 0.1) is 13.8 Å². The highest BCUT2D eigenvalue weighted by Gasteiger charge is 2.50. The van der Waals surface area contributed by atoms with Crippen molar-refractivity contribution in [2.75, 3.05) is 6.61 Å². The van der Waals surface area contributed by atoms with Crippen molar-refractivity contribution in [2.45, 2.75) is 65.8 Å². The topological polar surface area (TPSA) is 39.4 Å². The summed E-state index contributed by atoms with van der Waals surface area (Å²) in [4.78, 5) is 12.8. The summed E-state index contributed by atoms with van der Waals surface area (Å²) in [6.07, 6.45) is 0.705. The molecule has 0 fully saturated rings. The summed E-state index contributed by atoms with van der Waals surface area (Å²) in [5.41, 5.74) is 1.49. The van der Waals surface area contributed by atoms with Crippen molar-refractivity contribution in [1.82, 2.24) is 0 Å². The second-order valence-corrected chi connectivity index (χ2v) is 14.0. The molecular formula is C28H36O3Si. The maximum absolute atomic E-state index is 12.8. The van der Waals surface area contributed by atoms with Crippen LogP contribution in [0.1, 0.15) is 63.2 Å². The first-order valence-electron chi connectivity index (χ1n) is 11.5. The Bertz CT molecular complexity index is 1060. The molecule has 1 atom stereocenters. The summed E-state index contributed by atoms with van der Waals surface area (Å²) in [7, 11) is -2.63. The fourth-order valence-corrected chi connectivity index (χ4v) is 9.36. The molecule has 32 heavy (non-hydrogen) atoms. The molecule has 0 spiro atoms. The van der Waals surface area contributed by atoms with Crippen molar-refractivity contribution in [3.05, 3.63) is 93.5 Å². The molecule has 3 nitrogen and oxygen atoms in total. The Labute approximate surface area is 193 Å². The Morgan fingerprint density at radius 1 is 0.906 bits per heavy atom. The fourth-order valence-electron chi connectivity index (χ4n) is 4.70. The summed E-state index contributed by atoms with van der Waals surface area (Å²) in [5.74, 6) is 1.48. The van der Waals surface area contributed by atoms with E-state index in [1.165, 1.54) is 10.4 Å². The highest BCUT2D eigenvalue weighted by atomic mass is 28.4. The molecule has 1 unspecified atom stereocenters. The van der Waals surface area contributed by atoms with Gasteiger partial charge in [-0.25, -0.2) is 0 Å². The minimum absolute atomic E-state index is 0.0322. The number of hydrogen-bond acceptors (Lipinski definition) is 3. The zero-order valence-electron chi connectivity index (χ0n) is 20.5. The molecule has 1 aromatic heterocycles. The van der Waals surface area contributed by atoms with Crippen LogP contribution >= 0.6 is 0 Å². The van der Waals surface area contributed by atoms with E-state index in [1.807, 2.05) is 20.8 Å². The molecule has 3 aromatic rings. The van der Waals surface area contributed by atoms with E-state index in [1.54, 1.807) is 0 Å². The molecule has 1 heterocycles. The molecule has 0 amide bonds. The Kier molecular flexibility index (Phi) is 7.26. The van der Waals surface area contributed by atoms with Gasteiger partial charge in [0.15, 0.2) is 5.43 Å². The Morgan fingerprint density at radius 3 is 1.84 bits per heavy atom. The van der Waals surface area contributed by atoms with E-state index in [-0.39, 0.29) is 16.4 Å². The van der Waals surface area contributed by atoms with Crippen molar-refractivity contribution in [3.8, 4) is 0 Å². The Balaban J connectivity index is 2.08. The van der Waals surface area contributed by atoms with E-state index in [4.69, 9.17) is 8.84 Å². The summed E-state index contributed by atoms with van der Waals surface area (Å²) in [6, 6.07) is 21.3. The summed E-state index contributed by atoms with van der Waals surface area (Å²) >= 11 is 0. The van der Waals surface area contributed by atoms with Gasteiger partial charge < -0.3 is 8.84 Å². The van der Waals surface area contributed by atoms with Gasteiger partial charge in [-0.1, -0.05) is 95.3 Å². The molecule has 0 aliphatic rings. The van der Waals surface area contributed by atoms with Gasteiger partial charge in [-0.15, -0.1) is 0 Å². The van der Waals surface area contributed by atoms with Gasteiger partial charge in [0, 0.05) is 30.1 Å². The summed E-state index contributed by atoms with van der Waals surface area (Å²) in [5, 5.41) is 2.41. The number of rotatable bonds is 7. The summed E-state index contributed by atoms with van der Waals surface area (Å²) < 4.78 is 13.3. The molecule has 0 saturated carbocycles. The van der Waals surface area contributed by atoms with Crippen LogP contribution in [0.4, 0.5) is 0 Å². The average molecular weight is 449 g/mol. The third-order valence-electron chi connectivity index (χ3n) is 6.44. The molecule has 0 aliphatic carbocycles. The lowest BCUT2D eigenvalue weighted by molar-refractivity contribution is 0.257. The molecule has 0 N–H and O–H groups in total. The van der Waals surface area contributed by atoms with E-state index in [9.17, 15) is 4.79 Å². The first kappa shape index (κ1) is 24.2. The van der Waals surface area contributed by atoms with Gasteiger partial charge in [-0.05, 0) is 29.3 Å². The normalized spacial score (nSPS) is 13.2. The van der Waals surface area contributed by atoms with Crippen LogP contribution in [0.2, 0.25) is 5.04 Å². The molecule has 0 bridgehead atoms. The van der Waals surface area contributed by atoms with E-state index in [0.717, 1.165) is 11.5 Å². The highest BCUT2D eigenvalue weighted by molar-refractivity contribution is 6.99. The van der Waals surface area contributed by atoms with Gasteiger partial charge in [0.1, 0.15) is 11.5 Å². The second-order valence-electron chi connectivity index (χ2n) is 9.70. The molecule has 0 saturated heterocycles. The summed E-state index contributed by atoms with van der Waals surface area (Å²) in [6.45, 7) is 15.1. The van der Waals surface area contributed by atoms with Crippen molar-refractivity contribution in [3.63, 3.8) is 0 Å². The molecule has 2 aromatic carbocycles. The lowest BCUT2D eigenvalue weighted by Crippen LogP contribution is -2.66. The largest absolute Gasteiger partial charge is 0.465 e. The van der Waals surface area contributed by atoms with Crippen molar-refractivity contribution in [1.29, 1.82) is 0 Å². The first-order valence-corrected chi connectivity index (χ1v) is 13.4. The van der Waals surface area contributed by atoms with Gasteiger partial charge in [-0.3, -0.25) is 4.79 Å². The predicted molar refractivity (Wildman–Crippen MR) is 136 cm³/mol. The zero-order chi connectivity index (χ0) is 23.5. The van der Waals surface area contributed by atoms with Crippen LogP contribution < -0.4 is 15.8 Å². The van der Waals surface area contributed by atoms with Crippen LogP contribution in [0.25, 0.3) is 0 Å². The van der Waals surface area contributed by atoms with Crippen molar-refractivity contribution >= 4 is 18.7 Å². The van der Waals surface area contributed by atoms with Gasteiger partial charge in [0.25, 0.3) is 8.32 Å².